The zero-order valence-corrected chi connectivity index (χ0v) is 11.5. The second kappa shape index (κ2) is 5.68. The molecular weight excluding hydrogens is 212 g/mol. The Balaban J connectivity index is 1.72. The van der Waals surface area contributed by atoms with E-state index in [-0.39, 0.29) is 0 Å². The van der Waals surface area contributed by atoms with E-state index in [2.05, 4.69) is 18.7 Å². The second-order valence-corrected chi connectivity index (χ2v) is 6.16. The van der Waals surface area contributed by atoms with Gasteiger partial charge in [-0.15, -0.1) is 0 Å². The molecule has 2 aliphatic rings. The molecule has 0 bridgehead atoms. The van der Waals surface area contributed by atoms with Gasteiger partial charge in [-0.05, 0) is 44.2 Å². The van der Waals surface area contributed by atoms with Gasteiger partial charge in [-0.1, -0.05) is 20.3 Å². The van der Waals surface area contributed by atoms with Gasteiger partial charge >= 0.3 is 0 Å². The molecule has 2 rings (SSSR count). The zero-order chi connectivity index (χ0) is 12.3. The van der Waals surface area contributed by atoms with E-state index in [1.807, 2.05) is 0 Å². The highest BCUT2D eigenvalue weighted by Crippen LogP contribution is 2.34. The minimum Gasteiger partial charge on any atom is -0.372 e. The molecule has 0 radical (unpaired) electrons. The lowest BCUT2D eigenvalue weighted by Gasteiger charge is -2.39. The van der Waals surface area contributed by atoms with Crippen molar-refractivity contribution >= 4 is 0 Å². The number of hydrogen-bond donors (Lipinski definition) is 1. The first-order valence-corrected chi connectivity index (χ1v) is 7.23. The molecule has 3 nitrogen and oxygen atoms in total. The molecule has 2 fully saturated rings. The Hall–Kier alpha value is -0.120. The molecule has 0 spiro atoms. The Kier molecular flexibility index (Phi) is 4.45. The van der Waals surface area contributed by atoms with Gasteiger partial charge in [-0.3, -0.25) is 0 Å². The molecule has 0 aromatic rings. The predicted octanol–water partition coefficient (Wildman–Crippen LogP) is 2.00. The average molecular weight is 240 g/mol. The lowest BCUT2D eigenvalue weighted by atomic mass is 9.78. The van der Waals surface area contributed by atoms with Gasteiger partial charge in [0.15, 0.2) is 0 Å². The molecule has 2 atom stereocenters. The SMILES string of the molecule is CCC1(C)CCN(CC2CCC(CN)O2)CC1. The minimum atomic E-state index is 0.325. The van der Waals surface area contributed by atoms with Crippen LogP contribution < -0.4 is 5.73 Å². The molecule has 2 heterocycles. The van der Waals surface area contributed by atoms with Crippen LogP contribution in [0.3, 0.4) is 0 Å². The largest absolute Gasteiger partial charge is 0.372 e. The molecule has 0 aliphatic carbocycles. The lowest BCUT2D eigenvalue weighted by Crippen LogP contribution is -2.42. The minimum absolute atomic E-state index is 0.325. The van der Waals surface area contributed by atoms with E-state index in [0.29, 0.717) is 24.2 Å². The van der Waals surface area contributed by atoms with Gasteiger partial charge in [-0.2, -0.15) is 0 Å². The summed E-state index contributed by atoms with van der Waals surface area (Å²) >= 11 is 0. The van der Waals surface area contributed by atoms with Crippen molar-refractivity contribution in [2.45, 2.75) is 58.2 Å². The second-order valence-electron chi connectivity index (χ2n) is 6.16. The summed E-state index contributed by atoms with van der Waals surface area (Å²) in [7, 11) is 0. The van der Waals surface area contributed by atoms with Gasteiger partial charge in [-0.25, -0.2) is 0 Å². The number of nitrogens with two attached hydrogens (primary N) is 1. The van der Waals surface area contributed by atoms with E-state index in [0.717, 1.165) is 13.0 Å². The first-order valence-electron chi connectivity index (χ1n) is 7.23. The predicted molar refractivity (Wildman–Crippen MR) is 71.0 cm³/mol. The van der Waals surface area contributed by atoms with E-state index in [1.165, 1.54) is 38.8 Å². The summed E-state index contributed by atoms with van der Waals surface area (Å²) in [5.41, 5.74) is 6.23. The fourth-order valence-electron chi connectivity index (χ4n) is 3.00. The third kappa shape index (κ3) is 3.43. The Morgan fingerprint density at radius 1 is 1.24 bits per heavy atom. The van der Waals surface area contributed by atoms with Gasteiger partial charge in [0.2, 0.25) is 0 Å². The quantitative estimate of drug-likeness (QED) is 0.817. The van der Waals surface area contributed by atoms with Gasteiger partial charge in [0.05, 0.1) is 12.2 Å². The van der Waals surface area contributed by atoms with Crippen molar-refractivity contribution in [3.8, 4) is 0 Å². The molecule has 2 unspecified atom stereocenters. The normalized spacial score (nSPS) is 34.1. The molecule has 0 aromatic carbocycles. The van der Waals surface area contributed by atoms with Crippen molar-refractivity contribution in [2.75, 3.05) is 26.2 Å². The molecular formula is C14H28N2O. The van der Waals surface area contributed by atoms with E-state index >= 15 is 0 Å². The Bertz CT molecular complexity index is 236. The van der Waals surface area contributed by atoms with Gasteiger partial charge in [0.25, 0.3) is 0 Å². The summed E-state index contributed by atoms with van der Waals surface area (Å²) in [6.07, 6.45) is 7.12. The summed E-state index contributed by atoms with van der Waals surface area (Å²) in [4.78, 5) is 2.58. The molecule has 2 saturated heterocycles. The van der Waals surface area contributed by atoms with E-state index in [1.54, 1.807) is 0 Å². The third-order valence-corrected chi connectivity index (χ3v) is 4.84. The van der Waals surface area contributed by atoms with Crippen molar-refractivity contribution in [1.29, 1.82) is 0 Å². The Morgan fingerprint density at radius 2 is 1.88 bits per heavy atom. The zero-order valence-electron chi connectivity index (χ0n) is 11.5. The number of likely N-dealkylation sites (tertiary alicyclic amines) is 1. The lowest BCUT2D eigenvalue weighted by molar-refractivity contribution is 0.0120. The molecule has 2 N–H and O–H groups in total. The van der Waals surface area contributed by atoms with Crippen LogP contribution in [0.1, 0.15) is 46.0 Å². The average Bonchev–Trinajstić information content (AvgIpc) is 2.80. The van der Waals surface area contributed by atoms with E-state index in [4.69, 9.17) is 10.5 Å². The smallest absolute Gasteiger partial charge is 0.0707 e. The molecule has 0 aromatic heterocycles. The molecule has 100 valence electrons. The molecule has 0 saturated carbocycles. The number of rotatable bonds is 4. The van der Waals surface area contributed by atoms with Crippen LogP contribution in [0, 0.1) is 5.41 Å². The van der Waals surface area contributed by atoms with Crippen LogP contribution >= 0.6 is 0 Å². The maximum absolute atomic E-state index is 5.92. The van der Waals surface area contributed by atoms with Crippen LogP contribution in [-0.4, -0.2) is 43.3 Å². The molecule has 2 aliphatic heterocycles. The first kappa shape index (κ1) is 13.3. The summed E-state index contributed by atoms with van der Waals surface area (Å²) < 4.78 is 5.92. The molecule has 3 heteroatoms. The van der Waals surface area contributed by atoms with E-state index < -0.39 is 0 Å². The van der Waals surface area contributed by atoms with Crippen molar-refractivity contribution in [1.82, 2.24) is 4.90 Å². The fraction of sp³-hybridized carbons (Fsp3) is 1.00. The maximum atomic E-state index is 5.92. The highest BCUT2D eigenvalue weighted by molar-refractivity contribution is 4.84. The van der Waals surface area contributed by atoms with Gasteiger partial charge in [0, 0.05) is 13.1 Å². The Labute approximate surface area is 106 Å². The van der Waals surface area contributed by atoms with Crippen molar-refractivity contribution in [2.24, 2.45) is 11.1 Å². The number of nitrogens with zero attached hydrogens (tertiary/aromatic N) is 1. The van der Waals surface area contributed by atoms with Gasteiger partial charge in [0.1, 0.15) is 0 Å². The summed E-state index contributed by atoms with van der Waals surface area (Å²) in [5.74, 6) is 0. The molecule has 17 heavy (non-hydrogen) atoms. The van der Waals surface area contributed by atoms with E-state index in [9.17, 15) is 0 Å². The highest BCUT2D eigenvalue weighted by atomic mass is 16.5. The van der Waals surface area contributed by atoms with Gasteiger partial charge < -0.3 is 15.4 Å². The monoisotopic (exact) mass is 240 g/mol. The van der Waals surface area contributed by atoms with Crippen LogP contribution in [0.15, 0.2) is 0 Å². The third-order valence-electron chi connectivity index (χ3n) is 4.84. The summed E-state index contributed by atoms with van der Waals surface area (Å²) in [6, 6.07) is 0. The van der Waals surface area contributed by atoms with Crippen LogP contribution in [0.5, 0.6) is 0 Å². The van der Waals surface area contributed by atoms with Crippen LogP contribution in [0.2, 0.25) is 0 Å². The fourth-order valence-corrected chi connectivity index (χ4v) is 3.00. The van der Waals surface area contributed by atoms with Crippen LogP contribution in [-0.2, 0) is 4.74 Å². The summed E-state index contributed by atoms with van der Waals surface area (Å²) in [5, 5.41) is 0. The van der Waals surface area contributed by atoms with Crippen molar-refractivity contribution < 1.29 is 4.74 Å². The topological polar surface area (TPSA) is 38.5 Å². The van der Waals surface area contributed by atoms with Crippen molar-refractivity contribution in [3.05, 3.63) is 0 Å². The molecule has 0 amide bonds. The first-order chi connectivity index (χ1) is 8.15. The number of hydrogen-bond acceptors (Lipinski definition) is 3. The highest BCUT2D eigenvalue weighted by Gasteiger charge is 2.31. The maximum Gasteiger partial charge on any atom is 0.0707 e. The number of piperidine rings is 1. The Morgan fingerprint density at radius 3 is 2.41 bits per heavy atom. The standard InChI is InChI=1S/C14H28N2O/c1-3-14(2)6-8-16(9-7-14)11-13-5-4-12(10-15)17-13/h12-13H,3-11,15H2,1-2H3. The van der Waals surface area contributed by atoms with Crippen molar-refractivity contribution in [3.63, 3.8) is 0 Å². The number of ether oxygens (including phenoxy) is 1. The van der Waals surface area contributed by atoms with Crippen LogP contribution in [0.4, 0.5) is 0 Å². The summed E-state index contributed by atoms with van der Waals surface area (Å²) in [6.45, 7) is 9.05. The van der Waals surface area contributed by atoms with Crippen LogP contribution in [0.25, 0.3) is 0 Å².